The Balaban J connectivity index is 1.14. The molecule has 0 aliphatic rings. The standard InChI is InChI=1S/C56H35NO/c1-3-16-36(17-4-1)53-44-23-7-9-25-46(44)54(47-26-10-8-24-45(47)53)38-19-15-18-37(34-38)41-32-33-52-56(48-27-12-14-29-51(48)58-52)55(41)39-30-31-43-42-22-11-13-28-49(42)57(50(43)35-39)40-20-5-2-6-21-40/h1-35H. The second-order valence-electron chi connectivity index (χ2n) is 15.2. The van der Waals surface area contributed by atoms with E-state index in [1.807, 2.05) is 0 Å². The van der Waals surface area contributed by atoms with E-state index in [2.05, 4.69) is 217 Å². The van der Waals surface area contributed by atoms with E-state index in [1.165, 1.54) is 71.2 Å². The summed E-state index contributed by atoms with van der Waals surface area (Å²) in [5.41, 5.74) is 14.8. The molecule has 0 saturated carbocycles. The molecule has 0 fully saturated rings. The molecule has 0 atom stereocenters. The Bertz CT molecular complexity index is 3500. The van der Waals surface area contributed by atoms with Gasteiger partial charge in [0.15, 0.2) is 0 Å². The van der Waals surface area contributed by atoms with E-state index in [4.69, 9.17) is 4.42 Å². The van der Waals surface area contributed by atoms with E-state index in [9.17, 15) is 0 Å². The van der Waals surface area contributed by atoms with Crippen molar-refractivity contribution in [1.82, 2.24) is 4.57 Å². The predicted octanol–water partition coefficient (Wildman–Crippen LogP) is 15.7. The Morgan fingerprint density at radius 1 is 0.293 bits per heavy atom. The van der Waals surface area contributed by atoms with Gasteiger partial charge >= 0.3 is 0 Å². The number of fused-ring (bicyclic) bond motifs is 8. The molecule has 58 heavy (non-hydrogen) atoms. The van der Waals surface area contributed by atoms with Crippen LogP contribution in [0, 0.1) is 0 Å². The lowest BCUT2D eigenvalue weighted by atomic mass is 9.84. The minimum Gasteiger partial charge on any atom is -0.456 e. The third-order valence-electron chi connectivity index (χ3n) is 12.0. The van der Waals surface area contributed by atoms with Crippen molar-refractivity contribution >= 4 is 65.3 Å². The van der Waals surface area contributed by atoms with Crippen LogP contribution in [0.1, 0.15) is 0 Å². The van der Waals surface area contributed by atoms with Crippen molar-refractivity contribution in [2.75, 3.05) is 0 Å². The van der Waals surface area contributed by atoms with Gasteiger partial charge in [-0.15, -0.1) is 0 Å². The molecule has 2 nitrogen and oxygen atoms in total. The van der Waals surface area contributed by atoms with Gasteiger partial charge in [-0.2, -0.15) is 0 Å². The summed E-state index contributed by atoms with van der Waals surface area (Å²) in [6.45, 7) is 0. The van der Waals surface area contributed by atoms with Crippen LogP contribution < -0.4 is 0 Å². The minimum atomic E-state index is 0.883. The van der Waals surface area contributed by atoms with E-state index in [-0.39, 0.29) is 0 Å². The fourth-order valence-corrected chi connectivity index (χ4v) is 9.54. The number of para-hydroxylation sites is 3. The maximum Gasteiger partial charge on any atom is 0.136 e. The number of hydrogen-bond acceptors (Lipinski definition) is 1. The van der Waals surface area contributed by atoms with Crippen molar-refractivity contribution in [2.24, 2.45) is 0 Å². The first kappa shape index (κ1) is 32.6. The van der Waals surface area contributed by atoms with E-state index < -0.39 is 0 Å². The average molecular weight is 738 g/mol. The molecule has 2 heteroatoms. The first-order valence-corrected chi connectivity index (χ1v) is 19.9. The monoisotopic (exact) mass is 737 g/mol. The number of nitrogens with zero attached hydrogens (tertiary/aromatic N) is 1. The molecular weight excluding hydrogens is 703 g/mol. The number of rotatable bonds is 5. The maximum absolute atomic E-state index is 6.57. The van der Waals surface area contributed by atoms with Gasteiger partial charge in [0, 0.05) is 32.8 Å². The van der Waals surface area contributed by atoms with E-state index in [0.29, 0.717) is 0 Å². The number of furan rings is 1. The fraction of sp³-hybridized carbons (Fsp3) is 0. The molecule has 2 heterocycles. The average Bonchev–Trinajstić information content (AvgIpc) is 3.84. The van der Waals surface area contributed by atoms with E-state index in [0.717, 1.165) is 44.3 Å². The van der Waals surface area contributed by atoms with Gasteiger partial charge in [0.25, 0.3) is 0 Å². The topological polar surface area (TPSA) is 18.1 Å². The van der Waals surface area contributed by atoms with Crippen LogP contribution in [0.5, 0.6) is 0 Å². The van der Waals surface area contributed by atoms with Gasteiger partial charge in [0.2, 0.25) is 0 Å². The molecule has 0 radical (unpaired) electrons. The zero-order valence-electron chi connectivity index (χ0n) is 31.6. The quantitative estimate of drug-likeness (QED) is 0.161. The third-order valence-corrected chi connectivity index (χ3v) is 12.0. The van der Waals surface area contributed by atoms with Crippen LogP contribution in [0.4, 0.5) is 0 Å². The van der Waals surface area contributed by atoms with Crippen molar-refractivity contribution in [3.63, 3.8) is 0 Å². The molecule has 2 aromatic heterocycles. The third kappa shape index (κ3) is 4.92. The number of aromatic nitrogens is 1. The second kappa shape index (κ2) is 12.9. The van der Waals surface area contributed by atoms with Gasteiger partial charge in [0.1, 0.15) is 11.2 Å². The van der Waals surface area contributed by atoms with Gasteiger partial charge in [-0.1, -0.05) is 170 Å². The normalized spacial score (nSPS) is 11.8. The van der Waals surface area contributed by atoms with Crippen molar-refractivity contribution in [3.05, 3.63) is 212 Å². The van der Waals surface area contributed by atoms with E-state index in [1.54, 1.807) is 0 Å². The van der Waals surface area contributed by atoms with Crippen molar-refractivity contribution in [1.29, 1.82) is 0 Å². The van der Waals surface area contributed by atoms with Gasteiger partial charge in [0.05, 0.1) is 11.0 Å². The summed E-state index contributed by atoms with van der Waals surface area (Å²) in [7, 11) is 0. The Morgan fingerprint density at radius 2 is 0.828 bits per heavy atom. The van der Waals surface area contributed by atoms with Crippen molar-refractivity contribution < 1.29 is 4.42 Å². The molecule has 12 aromatic rings. The smallest absolute Gasteiger partial charge is 0.136 e. The molecular formula is C56H35NO. The summed E-state index contributed by atoms with van der Waals surface area (Å²) in [6, 6.07) is 77.0. The summed E-state index contributed by atoms with van der Waals surface area (Å²) in [5, 5.41) is 9.70. The number of hydrogen-bond donors (Lipinski definition) is 0. The molecule has 0 N–H and O–H groups in total. The van der Waals surface area contributed by atoms with Crippen LogP contribution in [-0.2, 0) is 0 Å². The summed E-state index contributed by atoms with van der Waals surface area (Å²) < 4.78 is 8.97. The summed E-state index contributed by atoms with van der Waals surface area (Å²) in [4.78, 5) is 0. The van der Waals surface area contributed by atoms with E-state index >= 15 is 0 Å². The van der Waals surface area contributed by atoms with Gasteiger partial charge in [-0.25, -0.2) is 0 Å². The van der Waals surface area contributed by atoms with Crippen LogP contribution in [-0.4, -0.2) is 4.57 Å². The highest BCUT2D eigenvalue weighted by Crippen LogP contribution is 2.47. The first-order valence-electron chi connectivity index (χ1n) is 19.9. The first-order chi connectivity index (χ1) is 28.8. The summed E-state index contributed by atoms with van der Waals surface area (Å²) in [5.74, 6) is 0. The molecule has 10 aromatic carbocycles. The van der Waals surface area contributed by atoms with Crippen molar-refractivity contribution in [2.45, 2.75) is 0 Å². The molecule has 0 aliphatic carbocycles. The van der Waals surface area contributed by atoms with Gasteiger partial charge in [-0.3, -0.25) is 0 Å². The molecule has 0 aliphatic heterocycles. The highest BCUT2D eigenvalue weighted by molar-refractivity contribution is 6.22. The van der Waals surface area contributed by atoms with Crippen LogP contribution in [0.15, 0.2) is 217 Å². The van der Waals surface area contributed by atoms with Crippen LogP contribution in [0.3, 0.4) is 0 Å². The predicted molar refractivity (Wildman–Crippen MR) is 245 cm³/mol. The molecule has 0 bridgehead atoms. The summed E-state index contributed by atoms with van der Waals surface area (Å²) >= 11 is 0. The van der Waals surface area contributed by atoms with Crippen LogP contribution >= 0.6 is 0 Å². The Morgan fingerprint density at radius 3 is 1.55 bits per heavy atom. The molecule has 270 valence electrons. The minimum absolute atomic E-state index is 0.883. The lowest BCUT2D eigenvalue weighted by molar-refractivity contribution is 0.669. The molecule has 0 spiro atoms. The SMILES string of the molecule is c1ccc(-c2c3ccccc3c(-c3cccc(-c4ccc5oc6ccccc6c5c4-c4ccc5c6ccccc6n(-c6ccccc6)c5c4)c3)c3ccccc23)cc1. The molecule has 0 unspecified atom stereocenters. The largest absolute Gasteiger partial charge is 0.456 e. The van der Waals surface area contributed by atoms with Crippen LogP contribution in [0.2, 0.25) is 0 Å². The Hall–Kier alpha value is -7.68. The highest BCUT2D eigenvalue weighted by Gasteiger charge is 2.22. The van der Waals surface area contributed by atoms with Crippen LogP contribution in [0.25, 0.3) is 115 Å². The fourth-order valence-electron chi connectivity index (χ4n) is 9.54. The Labute approximate surface area is 335 Å². The lowest BCUT2D eigenvalue weighted by Crippen LogP contribution is -1.94. The zero-order valence-corrected chi connectivity index (χ0v) is 31.6. The highest BCUT2D eigenvalue weighted by atomic mass is 16.3. The molecule has 0 amide bonds. The maximum atomic E-state index is 6.57. The van der Waals surface area contributed by atoms with Gasteiger partial charge < -0.3 is 8.98 Å². The second-order valence-corrected chi connectivity index (χ2v) is 15.2. The molecule has 12 rings (SSSR count). The molecule has 0 saturated heterocycles. The Kier molecular flexibility index (Phi) is 7.26. The summed E-state index contributed by atoms with van der Waals surface area (Å²) in [6.07, 6.45) is 0. The lowest BCUT2D eigenvalue weighted by Gasteiger charge is -2.19. The van der Waals surface area contributed by atoms with Gasteiger partial charge in [-0.05, 0) is 103 Å². The number of benzene rings is 10. The zero-order chi connectivity index (χ0) is 38.2. The van der Waals surface area contributed by atoms with Crippen molar-refractivity contribution in [3.8, 4) is 50.2 Å².